The zero-order valence-electron chi connectivity index (χ0n) is 14.0. The molecule has 4 rings (SSSR count). The van der Waals surface area contributed by atoms with Crippen molar-refractivity contribution in [1.29, 1.82) is 0 Å². The molecule has 1 aliphatic rings. The summed E-state index contributed by atoms with van der Waals surface area (Å²) >= 11 is 11.9. The molecule has 0 aliphatic heterocycles. The van der Waals surface area contributed by atoms with Crippen molar-refractivity contribution in [3.63, 3.8) is 0 Å². The molecule has 1 saturated carbocycles. The van der Waals surface area contributed by atoms with Crippen LogP contribution in [0.3, 0.4) is 0 Å². The summed E-state index contributed by atoms with van der Waals surface area (Å²) in [7, 11) is 0. The third kappa shape index (κ3) is 3.39. The normalized spacial score (nSPS) is 15.0. The van der Waals surface area contributed by atoms with Crippen LogP contribution < -0.4 is 10.1 Å². The molecule has 6 heteroatoms. The van der Waals surface area contributed by atoms with Gasteiger partial charge in [-0.2, -0.15) is 0 Å². The number of hydrogen-bond acceptors (Lipinski definition) is 2. The number of fused-ring (bicyclic) bond motifs is 1. The highest BCUT2D eigenvalue weighted by atomic mass is 35.5. The van der Waals surface area contributed by atoms with Crippen LogP contribution in [-0.2, 0) is 10.2 Å². The van der Waals surface area contributed by atoms with Crippen LogP contribution in [0, 0.1) is 0 Å². The van der Waals surface area contributed by atoms with Crippen LogP contribution in [0.2, 0.25) is 10.0 Å². The second-order valence-electron chi connectivity index (χ2n) is 6.67. The minimum Gasteiger partial charge on any atom is -0.482 e. The second-order valence-corrected chi connectivity index (χ2v) is 7.51. The van der Waals surface area contributed by atoms with Gasteiger partial charge in [0.2, 0.25) is 0 Å². The molecule has 26 heavy (non-hydrogen) atoms. The summed E-state index contributed by atoms with van der Waals surface area (Å²) in [5, 5.41) is 5.14. The van der Waals surface area contributed by atoms with Crippen molar-refractivity contribution < 1.29 is 9.53 Å². The van der Waals surface area contributed by atoms with Crippen molar-refractivity contribution in [2.24, 2.45) is 0 Å². The molecular formula is C20H18Cl2N2O2. The molecule has 3 aromatic rings. The van der Waals surface area contributed by atoms with Gasteiger partial charge in [0.1, 0.15) is 5.75 Å². The van der Waals surface area contributed by atoms with Gasteiger partial charge in [0.25, 0.3) is 5.91 Å². The zero-order valence-corrected chi connectivity index (χ0v) is 15.5. The lowest BCUT2D eigenvalue weighted by atomic mass is 9.95. The minimum absolute atomic E-state index is 0.0210. The molecule has 0 spiro atoms. The third-order valence-electron chi connectivity index (χ3n) is 4.89. The monoisotopic (exact) mass is 388 g/mol. The molecule has 1 aromatic heterocycles. The molecule has 0 atom stereocenters. The van der Waals surface area contributed by atoms with Crippen molar-refractivity contribution in [2.45, 2.75) is 18.3 Å². The van der Waals surface area contributed by atoms with Crippen LogP contribution in [-0.4, -0.2) is 24.0 Å². The van der Waals surface area contributed by atoms with Crippen molar-refractivity contribution in [1.82, 2.24) is 10.3 Å². The van der Waals surface area contributed by atoms with E-state index in [2.05, 4.69) is 28.6 Å². The number of para-hydroxylation sites is 1. The Morgan fingerprint density at radius 2 is 2.00 bits per heavy atom. The van der Waals surface area contributed by atoms with Gasteiger partial charge in [-0.1, -0.05) is 41.4 Å². The average molecular weight is 389 g/mol. The largest absolute Gasteiger partial charge is 0.482 e. The number of H-pyrrole nitrogens is 1. The molecule has 1 fully saturated rings. The first-order valence-corrected chi connectivity index (χ1v) is 9.24. The Kier molecular flexibility index (Phi) is 4.55. The first-order chi connectivity index (χ1) is 12.6. The van der Waals surface area contributed by atoms with Crippen LogP contribution >= 0.6 is 23.2 Å². The number of benzene rings is 2. The van der Waals surface area contributed by atoms with Gasteiger partial charge >= 0.3 is 0 Å². The summed E-state index contributed by atoms with van der Waals surface area (Å²) < 4.78 is 5.49. The number of ether oxygens (including phenoxy) is 1. The fourth-order valence-electron chi connectivity index (χ4n) is 3.26. The Balaban J connectivity index is 1.37. The topological polar surface area (TPSA) is 54.1 Å². The highest BCUT2D eigenvalue weighted by molar-refractivity contribution is 6.35. The van der Waals surface area contributed by atoms with E-state index in [1.165, 1.54) is 10.9 Å². The SMILES string of the molecule is O=C(COc1ccc(Cl)cc1Cl)NCC1(c2c[nH]c3ccccc23)CC1. The molecule has 2 aromatic carbocycles. The van der Waals surface area contributed by atoms with Gasteiger partial charge in [0.15, 0.2) is 6.61 Å². The van der Waals surface area contributed by atoms with E-state index in [-0.39, 0.29) is 17.9 Å². The number of nitrogens with one attached hydrogen (secondary N) is 2. The quantitative estimate of drug-likeness (QED) is 0.642. The standard InChI is InChI=1S/C20H18Cl2N2O2/c21-13-5-6-18(16(22)9-13)26-11-19(25)24-12-20(7-8-20)15-10-23-17-4-2-1-3-14(15)17/h1-6,9-10,23H,7-8,11-12H2,(H,24,25). The molecule has 0 bridgehead atoms. The maximum absolute atomic E-state index is 12.2. The van der Waals surface area contributed by atoms with E-state index in [1.54, 1.807) is 18.2 Å². The molecule has 1 heterocycles. The third-order valence-corrected chi connectivity index (χ3v) is 5.42. The molecular weight excluding hydrogens is 371 g/mol. The molecule has 4 nitrogen and oxygen atoms in total. The molecule has 1 amide bonds. The highest BCUT2D eigenvalue weighted by Crippen LogP contribution is 2.49. The van der Waals surface area contributed by atoms with E-state index in [0.717, 1.165) is 18.4 Å². The number of aromatic amines is 1. The first-order valence-electron chi connectivity index (χ1n) is 8.49. The van der Waals surface area contributed by atoms with E-state index in [4.69, 9.17) is 27.9 Å². The predicted octanol–water partition coefficient (Wildman–Crippen LogP) is 4.70. The molecule has 0 radical (unpaired) electrons. The van der Waals surface area contributed by atoms with Crippen LogP contribution in [0.1, 0.15) is 18.4 Å². The van der Waals surface area contributed by atoms with Crippen molar-refractivity contribution in [2.75, 3.05) is 13.2 Å². The van der Waals surface area contributed by atoms with Gasteiger partial charge < -0.3 is 15.0 Å². The number of amides is 1. The van der Waals surface area contributed by atoms with E-state index in [0.29, 0.717) is 22.3 Å². The van der Waals surface area contributed by atoms with Crippen LogP contribution in [0.4, 0.5) is 0 Å². The Morgan fingerprint density at radius 1 is 1.19 bits per heavy atom. The van der Waals surface area contributed by atoms with E-state index in [1.807, 2.05) is 12.1 Å². The molecule has 0 unspecified atom stereocenters. The van der Waals surface area contributed by atoms with Gasteiger partial charge in [-0.25, -0.2) is 0 Å². The second kappa shape index (κ2) is 6.86. The summed E-state index contributed by atoms with van der Waals surface area (Å²) in [5.74, 6) is 0.283. The average Bonchev–Trinajstić information content (AvgIpc) is 3.29. The van der Waals surface area contributed by atoms with Crippen LogP contribution in [0.15, 0.2) is 48.7 Å². The lowest BCUT2D eigenvalue weighted by Crippen LogP contribution is -2.35. The molecule has 134 valence electrons. The number of carbonyl (C=O) groups is 1. The highest BCUT2D eigenvalue weighted by Gasteiger charge is 2.45. The Morgan fingerprint density at radius 3 is 2.77 bits per heavy atom. The lowest BCUT2D eigenvalue weighted by molar-refractivity contribution is -0.123. The summed E-state index contributed by atoms with van der Waals surface area (Å²) in [4.78, 5) is 15.5. The summed E-state index contributed by atoms with van der Waals surface area (Å²) in [6.07, 6.45) is 4.20. The number of carbonyl (C=O) groups excluding carboxylic acids is 1. The molecule has 1 aliphatic carbocycles. The van der Waals surface area contributed by atoms with E-state index < -0.39 is 0 Å². The molecule has 0 saturated heterocycles. The Labute approximate surface area is 161 Å². The summed E-state index contributed by atoms with van der Waals surface area (Å²) in [5.41, 5.74) is 2.42. The van der Waals surface area contributed by atoms with Gasteiger partial charge in [0, 0.05) is 34.1 Å². The first kappa shape index (κ1) is 17.3. The van der Waals surface area contributed by atoms with Crippen molar-refractivity contribution >= 4 is 40.0 Å². The zero-order chi connectivity index (χ0) is 18.1. The maximum Gasteiger partial charge on any atom is 0.257 e. The number of aromatic nitrogens is 1. The van der Waals surface area contributed by atoms with Gasteiger partial charge in [0.05, 0.1) is 5.02 Å². The fourth-order valence-corrected chi connectivity index (χ4v) is 3.72. The molecule has 2 N–H and O–H groups in total. The van der Waals surface area contributed by atoms with Gasteiger partial charge in [-0.05, 0) is 42.7 Å². The summed E-state index contributed by atoms with van der Waals surface area (Å²) in [6.45, 7) is 0.525. The van der Waals surface area contributed by atoms with Crippen LogP contribution in [0.25, 0.3) is 10.9 Å². The van der Waals surface area contributed by atoms with Crippen molar-refractivity contribution in [3.05, 3.63) is 64.3 Å². The van der Waals surface area contributed by atoms with E-state index >= 15 is 0 Å². The van der Waals surface area contributed by atoms with E-state index in [9.17, 15) is 4.79 Å². The number of rotatable bonds is 6. The Bertz CT molecular complexity index is 963. The van der Waals surface area contributed by atoms with Gasteiger partial charge in [-0.3, -0.25) is 4.79 Å². The number of hydrogen-bond donors (Lipinski definition) is 2. The van der Waals surface area contributed by atoms with Crippen LogP contribution in [0.5, 0.6) is 5.75 Å². The fraction of sp³-hybridized carbons (Fsp3) is 0.250. The van der Waals surface area contributed by atoms with Crippen molar-refractivity contribution in [3.8, 4) is 5.75 Å². The van der Waals surface area contributed by atoms with Gasteiger partial charge in [-0.15, -0.1) is 0 Å². The number of halogens is 2. The Hall–Kier alpha value is -2.17. The lowest BCUT2D eigenvalue weighted by Gasteiger charge is -2.16. The minimum atomic E-state index is -0.165. The maximum atomic E-state index is 12.2. The predicted molar refractivity (Wildman–Crippen MR) is 104 cm³/mol. The smallest absolute Gasteiger partial charge is 0.257 e. The summed E-state index contributed by atoms with van der Waals surface area (Å²) in [6, 6.07) is 13.2.